The number of hydrogen-bond acceptors (Lipinski definition) is 4. The fraction of sp³-hybridized carbons (Fsp3) is 0.296. The predicted molar refractivity (Wildman–Crippen MR) is 133 cm³/mol. The van der Waals surface area contributed by atoms with Crippen LogP contribution >= 0.6 is 15.9 Å². The molecule has 4 rings (SSSR count). The van der Waals surface area contributed by atoms with Crippen LogP contribution in [0.15, 0.2) is 71.2 Å². The fourth-order valence-electron chi connectivity index (χ4n) is 4.60. The summed E-state index contributed by atoms with van der Waals surface area (Å²) in [5.74, 6) is 0.190. The number of carboxylic acids is 1. The molecular weight excluding hydrogens is 482 g/mol. The molecule has 6 heteroatoms. The van der Waals surface area contributed by atoms with E-state index in [2.05, 4.69) is 57.2 Å². The molecular formula is C27H28BrNO4. The molecule has 1 heterocycles. The monoisotopic (exact) mass is 509 g/mol. The minimum absolute atomic E-state index is 0.119. The van der Waals surface area contributed by atoms with Crippen LogP contribution in [0.2, 0.25) is 0 Å². The molecule has 0 spiro atoms. The highest BCUT2D eigenvalue weighted by Crippen LogP contribution is 2.42. The second-order valence-electron chi connectivity index (χ2n) is 8.29. The molecule has 1 aliphatic rings. The van der Waals surface area contributed by atoms with Crippen molar-refractivity contribution in [1.82, 2.24) is 4.90 Å². The maximum absolute atomic E-state index is 11.8. The van der Waals surface area contributed by atoms with Crippen LogP contribution in [-0.4, -0.2) is 43.3 Å². The van der Waals surface area contributed by atoms with E-state index in [9.17, 15) is 9.90 Å². The lowest BCUT2D eigenvalue weighted by atomic mass is 9.90. The zero-order chi connectivity index (χ0) is 23.4. The lowest BCUT2D eigenvalue weighted by Crippen LogP contribution is -2.41. The van der Waals surface area contributed by atoms with Crippen LogP contribution in [0, 0.1) is 5.92 Å². The Kier molecular flexibility index (Phi) is 7.36. The summed E-state index contributed by atoms with van der Waals surface area (Å²) in [4.78, 5) is 14.0. The first-order valence-corrected chi connectivity index (χ1v) is 11.8. The fourth-order valence-corrected chi connectivity index (χ4v) is 5.14. The van der Waals surface area contributed by atoms with E-state index in [0.29, 0.717) is 24.5 Å². The molecule has 33 heavy (non-hydrogen) atoms. The molecule has 1 fully saturated rings. The summed E-state index contributed by atoms with van der Waals surface area (Å²) in [6.07, 6.45) is 1.55. The molecule has 0 amide bonds. The molecule has 0 aliphatic carbocycles. The highest BCUT2D eigenvalue weighted by Gasteiger charge is 2.32. The highest BCUT2D eigenvalue weighted by molar-refractivity contribution is 9.10. The van der Waals surface area contributed by atoms with Crippen LogP contribution in [-0.2, 0) is 4.79 Å². The molecule has 2 atom stereocenters. The van der Waals surface area contributed by atoms with Crippen molar-refractivity contribution in [3.8, 4) is 22.6 Å². The van der Waals surface area contributed by atoms with Gasteiger partial charge in [0.2, 0.25) is 0 Å². The minimum atomic E-state index is -0.732. The van der Waals surface area contributed by atoms with Crippen LogP contribution in [0.5, 0.6) is 11.5 Å². The maximum Gasteiger partial charge on any atom is 0.307 e. The number of aliphatic carboxylic acids is 1. The van der Waals surface area contributed by atoms with E-state index in [0.717, 1.165) is 39.7 Å². The molecule has 1 saturated heterocycles. The summed E-state index contributed by atoms with van der Waals surface area (Å²) in [5.41, 5.74) is 4.43. The standard InChI is InChI=1S/C27H28BrNO4/c1-32-24-15-22(23(28)16-25(24)33-2)26(29-14-6-9-21(17-29)27(30)31)20-12-10-19(11-13-20)18-7-4-3-5-8-18/h3-5,7-8,10-13,15-16,21,26H,6,9,14,17H2,1-2H3,(H,30,31). The smallest absolute Gasteiger partial charge is 0.307 e. The third-order valence-corrected chi connectivity index (χ3v) is 6.98. The van der Waals surface area contributed by atoms with E-state index >= 15 is 0 Å². The summed E-state index contributed by atoms with van der Waals surface area (Å²) in [6, 6.07) is 22.6. The first kappa shape index (κ1) is 23.3. The molecule has 0 saturated carbocycles. The Morgan fingerprint density at radius 3 is 2.27 bits per heavy atom. The minimum Gasteiger partial charge on any atom is -0.493 e. The molecule has 172 valence electrons. The first-order chi connectivity index (χ1) is 16.0. The summed E-state index contributed by atoms with van der Waals surface area (Å²) in [6.45, 7) is 1.33. The van der Waals surface area contributed by atoms with E-state index in [4.69, 9.17) is 9.47 Å². The Morgan fingerprint density at radius 1 is 1.00 bits per heavy atom. The molecule has 5 nitrogen and oxygen atoms in total. The number of rotatable bonds is 7. The number of carbonyl (C=O) groups is 1. The normalized spacial score (nSPS) is 17.4. The number of likely N-dealkylation sites (tertiary alicyclic amines) is 1. The third-order valence-electron chi connectivity index (χ3n) is 6.30. The largest absolute Gasteiger partial charge is 0.493 e. The predicted octanol–water partition coefficient (Wildman–Crippen LogP) is 6.02. The Hall–Kier alpha value is -2.83. The maximum atomic E-state index is 11.8. The number of methoxy groups -OCH3 is 2. The molecule has 0 aromatic heterocycles. The van der Waals surface area contributed by atoms with Crippen LogP contribution in [0.25, 0.3) is 11.1 Å². The number of halogens is 1. The van der Waals surface area contributed by atoms with Crippen molar-refractivity contribution in [3.63, 3.8) is 0 Å². The number of ether oxygens (including phenoxy) is 2. The second-order valence-corrected chi connectivity index (χ2v) is 9.15. The van der Waals surface area contributed by atoms with Gasteiger partial charge in [0.15, 0.2) is 11.5 Å². The Morgan fingerprint density at radius 2 is 1.64 bits per heavy atom. The van der Waals surface area contributed by atoms with Crippen LogP contribution in [0.1, 0.15) is 30.0 Å². The third kappa shape index (κ3) is 5.07. The number of nitrogens with zero attached hydrogens (tertiary/aromatic N) is 1. The van der Waals surface area contributed by atoms with Gasteiger partial charge in [0, 0.05) is 11.0 Å². The van der Waals surface area contributed by atoms with Gasteiger partial charge in [-0.15, -0.1) is 0 Å². The molecule has 3 aromatic carbocycles. The van der Waals surface area contributed by atoms with Crippen molar-refractivity contribution in [3.05, 3.63) is 82.3 Å². The van der Waals surface area contributed by atoms with E-state index in [1.54, 1.807) is 14.2 Å². The van der Waals surface area contributed by atoms with Gasteiger partial charge in [-0.2, -0.15) is 0 Å². The van der Waals surface area contributed by atoms with Crippen LogP contribution in [0.3, 0.4) is 0 Å². The van der Waals surface area contributed by atoms with Crippen molar-refractivity contribution < 1.29 is 19.4 Å². The van der Waals surface area contributed by atoms with Gasteiger partial charge in [-0.3, -0.25) is 9.69 Å². The number of hydrogen-bond donors (Lipinski definition) is 1. The van der Waals surface area contributed by atoms with Gasteiger partial charge < -0.3 is 14.6 Å². The number of benzene rings is 3. The Labute approximate surface area is 203 Å². The second kappa shape index (κ2) is 10.4. The first-order valence-electron chi connectivity index (χ1n) is 11.1. The Balaban J connectivity index is 1.78. The number of carboxylic acid groups (broad SMARTS) is 1. The topological polar surface area (TPSA) is 59.0 Å². The summed E-state index contributed by atoms with van der Waals surface area (Å²) < 4.78 is 12.0. The molecule has 0 bridgehead atoms. The zero-order valence-corrected chi connectivity index (χ0v) is 20.4. The van der Waals surface area contributed by atoms with Gasteiger partial charge in [0.25, 0.3) is 0 Å². The van der Waals surface area contributed by atoms with Crippen molar-refractivity contribution in [2.75, 3.05) is 27.3 Å². The van der Waals surface area contributed by atoms with Crippen molar-refractivity contribution in [2.24, 2.45) is 5.92 Å². The van der Waals surface area contributed by atoms with Gasteiger partial charge in [0.1, 0.15) is 0 Å². The van der Waals surface area contributed by atoms with Crippen molar-refractivity contribution >= 4 is 21.9 Å². The summed E-state index contributed by atoms with van der Waals surface area (Å²) in [7, 11) is 3.24. The van der Waals surface area contributed by atoms with Crippen LogP contribution in [0.4, 0.5) is 0 Å². The van der Waals surface area contributed by atoms with Gasteiger partial charge in [-0.1, -0.05) is 70.5 Å². The highest BCUT2D eigenvalue weighted by atomic mass is 79.9. The molecule has 1 N–H and O–H groups in total. The summed E-state index contributed by atoms with van der Waals surface area (Å²) >= 11 is 3.73. The lowest BCUT2D eigenvalue weighted by Gasteiger charge is -2.38. The molecule has 0 radical (unpaired) electrons. The van der Waals surface area contributed by atoms with E-state index < -0.39 is 5.97 Å². The number of piperidine rings is 1. The van der Waals surface area contributed by atoms with Gasteiger partial charge in [-0.05, 0) is 53.8 Å². The zero-order valence-electron chi connectivity index (χ0n) is 18.8. The van der Waals surface area contributed by atoms with E-state index in [1.165, 1.54) is 0 Å². The SMILES string of the molecule is COc1cc(Br)c(C(c2ccc(-c3ccccc3)cc2)N2CCCC(C(=O)O)C2)cc1OC. The average Bonchev–Trinajstić information content (AvgIpc) is 2.86. The van der Waals surface area contributed by atoms with E-state index in [-0.39, 0.29) is 12.0 Å². The van der Waals surface area contributed by atoms with Gasteiger partial charge in [0.05, 0.1) is 26.2 Å². The molecule has 3 aromatic rings. The van der Waals surface area contributed by atoms with Crippen molar-refractivity contribution in [1.29, 1.82) is 0 Å². The van der Waals surface area contributed by atoms with Crippen molar-refractivity contribution in [2.45, 2.75) is 18.9 Å². The van der Waals surface area contributed by atoms with Gasteiger partial charge in [-0.25, -0.2) is 0 Å². The molecule has 1 aliphatic heterocycles. The average molecular weight is 510 g/mol. The molecule has 2 unspecified atom stereocenters. The lowest BCUT2D eigenvalue weighted by molar-refractivity contribution is -0.143. The van der Waals surface area contributed by atoms with Crippen LogP contribution < -0.4 is 9.47 Å². The van der Waals surface area contributed by atoms with E-state index in [1.807, 2.05) is 30.3 Å². The summed E-state index contributed by atoms with van der Waals surface area (Å²) in [5, 5.41) is 9.67. The Bertz CT molecular complexity index is 1100. The quantitative estimate of drug-likeness (QED) is 0.421. The van der Waals surface area contributed by atoms with Gasteiger partial charge >= 0.3 is 5.97 Å².